The van der Waals surface area contributed by atoms with E-state index in [9.17, 15) is 14.5 Å². The van der Waals surface area contributed by atoms with Gasteiger partial charge in [-0.15, -0.1) is 0 Å². The molecule has 2 aromatic rings. The molecule has 7 heteroatoms. The van der Waals surface area contributed by atoms with Crippen LogP contribution in [0.4, 0.5) is 15.8 Å². The number of rotatable bonds is 3. The van der Waals surface area contributed by atoms with E-state index in [1.807, 2.05) is 0 Å². The first-order chi connectivity index (χ1) is 9.16. The number of nitrogens with zero attached hydrogens (tertiary/aromatic N) is 2. The van der Waals surface area contributed by atoms with Crippen LogP contribution in [0.1, 0.15) is 0 Å². The lowest BCUT2D eigenvalue weighted by Crippen LogP contribution is -2.51. The van der Waals surface area contributed by atoms with E-state index in [0.29, 0.717) is 10.9 Å². The Hall–Kier alpha value is -2.28. The van der Waals surface area contributed by atoms with Crippen molar-refractivity contribution in [2.45, 2.75) is 6.04 Å². The normalized spacial score (nSPS) is 15.2. The molecule has 0 bridgehead atoms. The van der Waals surface area contributed by atoms with Gasteiger partial charge in [-0.05, 0) is 12.1 Å². The molecule has 0 atom stereocenters. The lowest BCUT2D eigenvalue weighted by molar-refractivity contribution is -0.383. The average Bonchev–Trinajstić information content (AvgIpc) is 2.34. The van der Waals surface area contributed by atoms with Gasteiger partial charge in [0.25, 0.3) is 5.69 Å². The van der Waals surface area contributed by atoms with Gasteiger partial charge in [0.05, 0.1) is 28.1 Å². The summed E-state index contributed by atoms with van der Waals surface area (Å²) in [6.45, 7) is 1.48. The summed E-state index contributed by atoms with van der Waals surface area (Å²) in [5.74, 6) is -0.648. The molecule has 19 heavy (non-hydrogen) atoms. The first-order valence-electron chi connectivity index (χ1n) is 5.85. The number of nitro benzene ring substituents is 1. The maximum Gasteiger partial charge on any atom is 0.281 e. The Labute approximate surface area is 107 Å². The second-order valence-corrected chi connectivity index (χ2v) is 4.41. The predicted octanol–water partition coefficient (Wildman–Crippen LogP) is 1.67. The second kappa shape index (κ2) is 4.43. The zero-order chi connectivity index (χ0) is 13.4. The van der Waals surface area contributed by atoms with Crippen LogP contribution in [0.15, 0.2) is 24.4 Å². The Morgan fingerprint density at radius 1 is 1.53 bits per heavy atom. The molecule has 98 valence electrons. The fourth-order valence-electron chi connectivity index (χ4n) is 2.08. The molecule has 2 N–H and O–H groups in total. The van der Waals surface area contributed by atoms with Gasteiger partial charge in [0, 0.05) is 19.3 Å². The minimum atomic E-state index is -0.648. The number of pyridine rings is 1. The summed E-state index contributed by atoms with van der Waals surface area (Å²) in [5, 5.41) is 17.4. The summed E-state index contributed by atoms with van der Waals surface area (Å²) in [6, 6.07) is 4.24. The number of anilines is 1. The first kappa shape index (κ1) is 11.8. The van der Waals surface area contributed by atoms with Gasteiger partial charge in [0.2, 0.25) is 0 Å². The van der Waals surface area contributed by atoms with Crippen molar-refractivity contribution in [3.8, 4) is 0 Å². The lowest BCUT2D eigenvalue weighted by Gasteiger charge is -2.29. The van der Waals surface area contributed by atoms with E-state index in [1.54, 1.807) is 12.1 Å². The highest BCUT2D eigenvalue weighted by molar-refractivity contribution is 5.97. The minimum Gasteiger partial charge on any atom is -0.376 e. The Bertz CT molecular complexity index is 657. The van der Waals surface area contributed by atoms with E-state index in [1.165, 1.54) is 6.20 Å². The number of nitrogens with one attached hydrogen (secondary N) is 2. The zero-order valence-corrected chi connectivity index (χ0v) is 9.89. The van der Waals surface area contributed by atoms with Gasteiger partial charge in [-0.3, -0.25) is 15.1 Å². The maximum atomic E-state index is 14.0. The number of hydrogen-bond acceptors (Lipinski definition) is 5. The van der Waals surface area contributed by atoms with Crippen LogP contribution in [-0.4, -0.2) is 29.0 Å². The maximum absolute atomic E-state index is 14.0. The van der Waals surface area contributed by atoms with Crippen LogP contribution in [0.3, 0.4) is 0 Å². The second-order valence-electron chi connectivity index (χ2n) is 4.41. The molecule has 0 amide bonds. The molecule has 1 aromatic carbocycles. The van der Waals surface area contributed by atoms with Gasteiger partial charge in [-0.25, -0.2) is 4.39 Å². The molecule has 6 nitrogen and oxygen atoms in total. The summed E-state index contributed by atoms with van der Waals surface area (Å²) >= 11 is 0. The van der Waals surface area contributed by atoms with E-state index in [0.717, 1.165) is 19.2 Å². The molecule has 2 heterocycles. The topological polar surface area (TPSA) is 80.1 Å². The van der Waals surface area contributed by atoms with Gasteiger partial charge in [-0.1, -0.05) is 0 Å². The van der Waals surface area contributed by atoms with E-state index < -0.39 is 10.7 Å². The number of fused-ring (bicyclic) bond motifs is 1. The van der Waals surface area contributed by atoms with Crippen molar-refractivity contribution in [2.24, 2.45) is 0 Å². The van der Waals surface area contributed by atoms with Crippen LogP contribution in [-0.2, 0) is 0 Å². The third kappa shape index (κ3) is 1.97. The van der Waals surface area contributed by atoms with Crippen LogP contribution in [0.2, 0.25) is 0 Å². The molecular formula is C12H11FN4O2. The molecule has 1 fully saturated rings. The highest BCUT2D eigenvalue weighted by atomic mass is 19.1. The van der Waals surface area contributed by atoms with Crippen LogP contribution in [0.25, 0.3) is 10.9 Å². The van der Waals surface area contributed by atoms with E-state index >= 15 is 0 Å². The third-order valence-corrected chi connectivity index (χ3v) is 3.15. The van der Waals surface area contributed by atoms with Crippen molar-refractivity contribution in [1.82, 2.24) is 10.3 Å². The average molecular weight is 262 g/mol. The van der Waals surface area contributed by atoms with Crippen molar-refractivity contribution in [3.05, 3.63) is 40.3 Å². The van der Waals surface area contributed by atoms with Crippen LogP contribution < -0.4 is 10.6 Å². The molecule has 1 saturated heterocycles. The van der Waals surface area contributed by atoms with Crippen molar-refractivity contribution in [2.75, 3.05) is 18.4 Å². The van der Waals surface area contributed by atoms with Crippen LogP contribution >= 0.6 is 0 Å². The first-order valence-corrected chi connectivity index (χ1v) is 5.85. The standard InChI is InChI=1S/C12H11FN4O2/c13-9-4-10(17(18)19)8-2-1-3-15-11(8)12(9)16-7-5-14-6-7/h1-4,7,14,16H,5-6H2. The van der Waals surface area contributed by atoms with Gasteiger partial charge in [0.1, 0.15) is 5.52 Å². The summed E-state index contributed by atoms with van der Waals surface area (Å²) in [6.07, 6.45) is 1.50. The van der Waals surface area contributed by atoms with Crippen LogP contribution in [0, 0.1) is 15.9 Å². The summed E-state index contributed by atoms with van der Waals surface area (Å²) in [7, 11) is 0. The Morgan fingerprint density at radius 3 is 2.95 bits per heavy atom. The molecule has 0 saturated carbocycles. The molecule has 1 aliphatic rings. The minimum absolute atomic E-state index is 0.126. The van der Waals surface area contributed by atoms with E-state index in [2.05, 4.69) is 15.6 Å². The highest BCUT2D eigenvalue weighted by Gasteiger charge is 2.23. The Balaban J connectivity index is 2.18. The SMILES string of the molecule is O=[N+]([O-])c1cc(F)c(NC2CNC2)c2ncccc12. The molecule has 0 spiro atoms. The smallest absolute Gasteiger partial charge is 0.281 e. The summed E-state index contributed by atoms with van der Waals surface area (Å²) < 4.78 is 14.0. The monoisotopic (exact) mass is 262 g/mol. The Kier molecular flexibility index (Phi) is 2.75. The molecular weight excluding hydrogens is 251 g/mol. The number of hydrogen-bond donors (Lipinski definition) is 2. The van der Waals surface area contributed by atoms with Gasteiger partial charge >= 0.3 is 0 Å². The number of benzene rings is 1. The lowest BCUT2D eigenvalue weighted by atomic mass is 10.1. The molecule has 3 rings (SSSR count). The fourth-order valence-corrected chi connectivity index (χ4v) is 2.08. The van der Waals surface area contributed by atoms with Gasteiger partial charge in [0.15, 0.2) is 5.82 Å². The molecule has 0 radical (unpaired) electrons. The number of aromatic nitrogens is 1. The van der Waals surface area contributed by atoms with E-state index in [4.69, 9.17) is 0 Å². The number of nitro groups is 1. The molecule has 0 aliphatic carbocycles. The number of halogens is 1. The quantitative estimate of drug-likeness (QED) is 0.649. The zero-order valence-electron chi connectivity index (χ0n) is 9.89. The van der Waals surface area contributed by atoms with Crippen molar-refractivity contribution in [1.29, 1.82) is 0 Å². The highest BCUT2D eigenvalue weighted by Crippen LogP contribution is 2.33. The molecule has 1 aromatic heterocycles. The summed E-state index contributed by atoms with van der Waals surface area (Å²) in [5.41, 5.74) is 0.256. The van der Waals surface area contributed by atoms with Crippen LogP contribution in [0.5, 0.6) is 0 Å². The number of non-ortho nitro benzene ring substituents is 1. The predicted molar refractivity (Wildman–Crippen MR) is 68.6 cm³/mol. The van der Waals surface area contributed by atoms with Gasteiger partial charge in [-0.2, -0.15) is 0 Å². The van der Waals surface area contributed by atoms with Crippen molar-refractivity contribution in [3.63, 3.8) is 0 Å². The third-order valence-electron chi connectivity index (χ3n) is 3.15. The molecule has 1 aliphatic heterocycles. The van der Waals surface area contributed by atoms with E-state index in [-0.39, 0.29) is 17.4 Å². The Morgan fingerprint density at radius 2 is 2.32 bits per heavy atom. The molecule has 0 unspecified atom stereocenters. The van der Waals surface area contributed by atoms with Gasteiger partial charge < -0.3 is 10.6 Å². The fraction of sp³-hybridized carbons (Fsp3) is 0.250. The van der Waals surface area contributed by atoms with Crippen molar-refractivity contribution < 1.29 is 9.31 Å². The van der Waals surface area contributed by atoms with Crippen molar-refractivity contribution >= 4 is 22.3 Å². The summed E-state index contributed by atoms with van der Waals surface area (Å²) in [4.78, 5) is 14.4. The largest absolute Gasteiger partial charge is 0.376 e.